The monoisotopic (exact) mass is 225 g/mol. The van der Waals surface area contributed by atoms with Gasteiger partial charge >= 0.3 is 0 Å². The largest absolute Gasteiger partial charge is 0.492 e. The Labute approximate surface area is 96.8 Å². The van der Waals surface area contributed by atoms with E-state index >= 15 is 0 Å². The number of ether oxygens (including phenoxy) is 1. The lowest BCUT2D eigenvalue weighted by Crippen LogP contribution is -1.98. The molecule has 1 heterocycles. The fourth-order valence-corrected chi connectivity index (χ4v) is 1.54. The Morgan fingerprint density at radius 1 is 1.12 bits per heavy atom. The minimum atomic E-state index is -0.347. The van der Waals surface area contributed by atoms with Gasteiger partial charge in [-0.3, -0.25) is 4.98 Å². The second kappa shape index (κ2) is 8.08. The Balaban J connectivity index is 2.03. The molecule has 90 valence electrons. The van der Waals surface area contributed by atoms with Gasteiger partial charge in [-0.2, -0.15) is 0 Å². The molecule has 0 aliphatic carbocycles. The number of hydrogen-bond acceptors (Lipinski definition) is 2. The van der Waals surface area contributed by atoms with Crippen molar-refractivity contribution < 1.29 is 9.13 Å². The van der Waals surface area contributed by atoms with E-state index in [1.165, 1.54) is 44.4 Å². The second-order valence-corrected chi connectivity index (χ2v) is 3.96. The van der Waals surface area contributed by atoms with Gasteiger partial charge in [0.25, 0.3) is 0 Å². The standard InChI is InChI=1S/C13H20FNO/c1-2-3-4-5-6-7-8-16-13-9-12(14)10-15-11-13/h9-11H,2-8H2,1H3. The predicted molar refractivity (Wildman–Crippen MR) is 63.1 cm³/mol. The number of unbranched alkanes of at least 4 members (excludes halogenated alkanes) is 5. The summed E-state index contributed by atoms with van der Waals surface area (Å²) in [6.07, 6.45) is 10.1. The number of rotatable bonds is 8. The molecule has 0 saturated heterocycles. The van der Waals surface area contributed by atoms with Crippen LogP contribution in [0.15, 0.2) is 18.5 Å². The van der Waals surface area contributed by atoms with Crippen LogP contribution in [-0.4, -0.2) is 11.6 Å². The van der Waals surface area contributed by atoms with Crippen molar-refractivity contribution in [3.8, 4) is 5.75 Å². The summed E-state index contributed by atoms with van der Waals surface area (Å²) in [6, 6.07) is 1.37. The van der Waals surface area contributed by atoms with E-state index in [-0.39, 0.29) is 5.82 Å². The molecule has 0 aliphatic rings. The van der Waals surface area contributed by atoms with Crippen LogP contribution in [0.5, 0.6) is 5.75 Å². The van der Waals surface area contributed by atoms with Crippen molar-refractivity contribution in [2.45, 2.75) is 45.4 Å². The first kappa shape index (κ1) is 12.9. The van der Waals surface area contributed by atoms with Crippen LogP contribution in [0.4, 0.5) is 4.39 Å². The fraction of sp³-hybridized carbons (Fsp3) is 0.615. The SMILES string of the molecule is CCCCCCCCOc1cncc(F)c1. The maximum atomic E-state index is 12.7. The van der Waals surface area contributed by atoms with E-state index in [1.807, 2.05) is 0 Å². The fourth-order valence-electron chi connectivity index (χ4n) is 1.54. The number of hydrogen-bond donors (Lipinski definition) is 0. The van der Waals surface area contributed by atoms with Crippen molar-refractivity contribution in [1.82, 2.24) is 4.98 Å². The highest BCUT2D eigenvalue weighted by Crippen LogP contribution is 2.11. The zero-order valence-corrected chi connectivity index (χ0v) is 9.92. The summed E-state index contributed by atoms with van der Waals surface area (Å²) in [5, 5.41) is 0. The summed E-state index contributed by atoms with van der Waals surface area (Å²) in [6.45, 7) is 2.86. The van der Waals surface area contributed by atoms with Crippen LogP contribution < -0.4 is 4.74 Å². The highest BCUT2D eigenvalue weighted by atomic mass is 19.1. The molecule has 0 unspecified atom stereocenters. The molecule has 0 aromatic carbocycles. The van der Waals surface area contributed by atoms with Gasteiger partial charge in [0.1, 0.15) is 11.6 Å². The number of aromatic nitrogens is 1. The molecule has 0 fully saturated rings. The molecule has 0 atom stereocenters. The van der Waals surface area contributed by atoms with E-state index < -0.39 is 0 Å². The Kier molecular flexibility index (Phi) is 6.54. The third-order valence-corrected chi connectivity index (χ3v) is 2.45. The van der Waals surface area contributed by atoms with E-state index in [0.717, 1.165) is 6.42 Å². The van der Waals surface area contributed by atoms with Gasteiger partial charge in [-0.25, -0.2) is 4.39 Å². The van der Waals surface area contributed by atoms with Gasteiger partial charge in [0, 0.05) is 6.07 Å². The summed E-state index contributed by atoms with van der Waals surface area (Å²) in [4.78, 5) is 3.72. The van der Waals surface area contributed by atoms with E-state index in [9.17, 15) is 4.39 Å². The molecule has 16 heavy (non-hydrogen) atoms. The number of pyridine rings is 1. The Bertz CT molecular complexity index is 291. The van der Waals surface area contributed by atoms with Gasteiger partial charge in [-0.1, -0.05) is 39.0 Å². The molecule has 0 spiro atoms. The molecule has 1 rings (SSSR count). The first-order valence-corrected chi connectivity index (χ1v) is 6.06. The van der Waals surface area contributed by atoms with Crippen LogP contribution in [0.3, 0.4) is 0 Å². The van der Waals surface area contributed by atoms with Crippen molar-refractivity contribution in [1.29, 1.82) is 0 Å². The molecular formula is C13H20FNO. The molecular weight excluding hydrogens is 205 g/mol. The van der Waals surface area contributed by atoms with Crippen LogP contribution in [0.2, 0.25) is 0 Å². The second-order valence-electron chi connectivity index (χ2n) is 3.96. The maximum Gasteiger partial charge on any atom is 0.145 e. The zero-order chi connectivity index (χ0) is 11.6. The zero-order valence-electron chi connectivity index (χ0n) is 9.92. The molecule has 1 aromatic rings. The highest BCUT2D eigenvalue weighted by Gasteiger charge is 1.96. The minimum Gasteiger partial charge on any atom is -0.492 e. The van der Waals surface area contributed by atoms with Crippen molar-refractivity contribution in [2.75, 3.05) is 6.61 Å². The topological polar surface area (TPSA) is 22.1 Å². The Morgan fingerprint density at radius 3 is 2.62 bits per heavy atom. The van der Waals surface area contributed by atoms with Crippen LogP contribution in [0, 0.1) is 5.82 Å². The first-order valence-electron chi connectivity index (χ1n) is 6.06. The van der Waals surface area contributed by atoms with Gasteiger partial charge in [-0.05, 0) is 6.42 Å². The first-order chi connectivity index (χ1) is 7.83. The average Bonchev–Trinajstić information content (AvgIpc) is 2.28. The summed E-state index contributed by atoms with van der Waals surface area (Å²) < 4.78 is 18.1. The smallest absolute Gasteiger partial charge is 0.145 e. The molecule has 0 aliphatic heterocycles. The minimum absolute atomic E-state index is 0.347. The lowest BCUT2D eigenvalue weighted by Gasteiger charge is -2.05. The van der Waals surface area contributed by atoms with E-state index in [0.29, 0.717) is 12.4 Å². The molecule has 0 radical (unpaired) electrons. The summed E-state index contributed by atoms with van der Waals surface area (Å²) in [5.41, 5.74) is 0. The third kappa shape index (κ3) is 5.69. The molecule has 3 heteroatoms. The maximum absolute atomic E-state index is 12.7. The predicted octanol–water partition coefficient (Wildman–Crippen LogP) is 3.96. The van der Waals surface area contributed by atoms with Gasteiger partial charge < -0.3 is 4.74 Å². The van der Waals surface area contributed by atoms with Crippen LogP contribution in [0.25, 0.3) is 0 Å². The average molecular weight is 225 g/mol. The van der Waals surface area contributed by atoms with Crippen LogP contribution in [0.1, 0.15) is 45.4 Å². The summed E-state index contributed by atoms with van der Waals surface area (Å²) >= 11 is 0. The van der Waals surface area contributed by atoms with Crippen molar-refractivity contribution in [3.05, 3.63) is 24.3 Å². The van der Waals surface area contributed by atoms with Crippen molar-refractivity contribution >= 4 is 0 Å². The summed E-state index contributed by atoms with van der Waals surface area (Å²) in [5.74, 6) is 0.175. The number of nitrogens with zero attached hydrogens (tertiary/aromatic N) is 1. The molecule has 0 amide bonds. The Hall–Kier alpha value is -1.12. The number of halogens is 1. The van der Waals surface area contributed by atoms with Gasteiger partial charge in [0.05, 0.1) is 19.0 Å². The molecule has 0 bridgehead atoms. The normalized spacial score (nSPS) is 10.4. The van der Waals surface area contributed by atoms with Crippen LogP contribution >= 0.6 is 0 Å². The quantitative estimate of drug-likeness (QED) is 0.625. The van der Waals surface area contributed by atoms with E-state index in [4.69, 9.17) is 4.74 Å². The molecule has 2 nitrogen and oxygen atoms in total. The van der Waals surface area contributed by atoms with Crippen molar-refractivity contribution in [3.63, 3.8) is 0 Å². The molecule has 0 N–H and O–H groups in total. The Morgan fingerprint density at radius 2 is 1.88 bits per heavy atom. The van der Waals surface area contributed by atoms with Gasteiger partial charge in [-0.15, -0.1) is 0 Å². The molecule has 1 aromatic heterocycles. The third-order valence-electron chi connectivity index (χ3n) is 2.45. The summed E-state index contributed by atoms with van der Waals surface area (Å²) in [7, 11) is 0. The van der Waals surface area contributed by atoms with Crippen molar-refractivity contribution in [2.24, 2.45) is 0 Å². The van der Waals surface area contributed by atoms with Crippen LogP contribution in [-0.2, 0) is 0 Å². The van der Waals surface area contributed by atoms with Gasteiger partial charge in [0.15, 0.2) is 0 Å². The molecule has 0 saturated carbocycles. The highest BCUT2D eigenvalue weighted by molar-refractivity contribution is 5.16. The lowest BCUT2D eigenvalue weighted by molar-refractivity contribution is 0.301. The van der Waals surface area contributed by atoms with Gasteiger partial charge in [0.2, 0.25) is 0 Å². The van der Waals surface area contributed by atoms with E-state index in [1.54, 1.807) is 6.20 Å². The van der Waals surface area contributed by atoms with E-state index in [2.05, 4.69) is 11.9 Å². The lowest BCUT2D eigenvalue weighted by atomic mass is 10.1.